The molecule has 1 amide bonds. The fraction of sp³-hybridized carbons (Fsp3) is 0.462. The van der Waals surface area contributed by atoms with Crippen molar-refractivity contribution in [3.8, 4) is 0 Å². The first kappa shape index (κ1) is 11.8. The van der Waals surface area contributed by atoms with Crippen LogP contribution in [0.1, 0.15) is 44.9 Å². The van der Waals surface area contributed by atoms with Gasteiger partial charge in [-0.2, -0.15) is 0 Å². The minimum absolute atomic E-state index is 0.0801. The van der Waals surface area contributed by atoms with Crippen molar-refractivity contribution in [2.24, 2.45) is 0 Å². The average molecular weight is 205 g/mol. The zero-order valence-corrected chi connectivity index (χ0v) is 9.87. The minimum atomic E-state index is 0.0801. The Labute approximate surface area is 91.7 Å². The van der Waals surface area contributed by atoms with Crippen molar-refractivity contribution < 1.29 is 4.79 Å². The highest BCUT2D eigenvalue weighted by Gasteiger charge is 2.13. The number of amides is 1. The third-order valence-corrected chi connectivity index (χ3v) is 2.59. The third kappa shape index (κ3) is 3.08. The maximum absolute atomic E-state index is 10.3. The molecule has 0 aromatic heterocycles. The molecular weight excluding hydrogens is 186 g/mol. The second-order valence-corrected chi connectivity index (χ2v) is 4.88. The lowest BCUT2D eigenvalue weighted by Gasteiger charge is -2.20. The number of hydrogen-bond acceptors (Lipinski definition) is 1. The van der Waals surface area contributed by atoms with E-state index < -0.39 is 0 Å². The predicted octanol–water partition coefficient (Wildman–Crippen LogP) is 2.79. The smallest absolute Gasteiger partial charge is 0.207 e. The fourth-order valence-corrected chi connectivity index (χ4v) is 1.47. The highest BCUT2D eigenvalue weighted by molar-refractivity contribution is 5.47. The predicted molar refractivity (Wildman–Crippen MR) is 62.8 cm³/mol. The molecule has 0 fully saturated rings. The van der Waals surface area contributed by atoms with Gasteiger partial charge in [-0.15, -0.1) is 0 Å². The van der Waals surface area contributed by atoms with Crippen LogP contribution in [0.4, 0.5) is 0 Å². The standard InChI is InChI=1S/C13H19NO/c1-10(14-9-15)11-5-7-12(8-6-11)13(2,3)4/h5-10H,1-4H3,(H,14,15). The zero-order valence-electron chi connectivity index (χ0n) is 9.87. The van der Waals surface area contributed by atoms with Crippen molar-refractivity contribution in [3.63, 3.8) is 0 Å². The van der Waals surface area contributed by atoms with Gasteiger partial charge in [0.15, 0.2) is 0 Å². The number of rotatable bonds is 3. The van der Waals surface area contributed by atoms with Gasteiger partial charge >= 0.3 is 0 Å². The monoisotopic (exact) mass is 205 g/mol. The van der Waals surface area contributed by atoms with E-state index >= 15 is 0 Å². The van der Waals surface area contributed by atoms with Crippen LogP contribution in [0.2, 0.25) is 0 Å². The van der Waals surface area contributed by atoms with E-state index in [1.165, 1.54) is 5.56 Å². The van der Waals surface area contributed by atoms with Gasteiger partial charge in [0.25, 0.3) is 0 Å². The molecule has 1 unspecified atom stereocenters. The van der Waals surface area contributed by atoms with Crippen molar-refractivity contribution in [1.82, 2.24) is 5.32 Å². The van der Waals surface area contributed by atoms with Crippen molar-refractivity contribution in [2.45, 2.75) is 39.2 Å². The summed E-state index contributed by atoms with van der Waals surface area (Å²) in [5, 5.41) is 2.74. The van der Waals surface area contributed by atoms with Gasteiger partial charge in [-0.1, -0.05) is 45.0 Å². The molecule has 0 saturated heterocycles. The van der Waals surface area contributed by atoms with Crippen molar-refractivity contribution in [3.05, 3.63) is 35.4 Å². The second-order valence-electron chi connectivity index (χ2n) is 4.88. The van der Waals surface area contributed by atoms with Crippen LogP contribution in [0.5, 0.6) is 0 Å². The van der Waals surface area contributed by atoms with E-state index in [9.17, 15) is 4.79 Å². The molecule has 0 aliphatic carbocycles. The summed E-state index contributed by atoms with van der Waals surface area (Å²) >= 11 is 0. The van der Waals surface area contributed by atoms with E-state index in [2.05, 4.69) is 50.4 Å². The van der Waals surface area contributed by atoms with Gasteiger partial charge in [0.2, 0.25) is 6.41 Å². The largest absolute Gasteiger partial charge is 0.352 e. The van der Waals surface area contributed by atoms with E-state index in [4.69, 9.17) is 0 Å². The number of carbonyl (C=O) groups is 1. The Morgan fingerprint density at radius 3 is 2.13 bits per heavy atom. The van der Waals surface area contributed by atoms with E-state index in [1.807, 2.05) is 6.92 Å². The molecule has 0 radical (unpaired) electrons. The Bertz CT molecular complexity index is 321. The Morgan fingerprint density at radius 2 is 1.73 bits per heavy atom. The van der Waals surface area contributed by atoms with Crippen molar-refractivity contribution in [2.75, 3.05) is 0 Å². The van der Waals surface area contributed by atoms with E-state index in [1.54, 1.807) is 0 Å². The van der Waals surface area contributed by atoms with Crippen LogP contribution in [-0.4, -0.2) is 6.41 Å². The van der Waals surface area contributed by atoms with Gasteiger partial charge < -0.3 is 5.32 Å². The lowest BCUT2D eigenvalue weighted by atomic mass is 9.86. The molecule has 0 bridgehead atoms. The van der Waals surface area contributed by atoms with Crippen LogP contribution >= 0.6 is 0 Å². The molecule has 1 aromatic rings. The van der Waals surface area contributed by atoms with E-state index in [-0.39, 0.29) is 11.5 Å². The second kappa shape index (κ2) is 4.47. The quantitative estimate of drug-likeness (QED) is 0.755. The fourth-order valence-electron chi connectivity index (χ4n) is 1.47. The number of benzene rings is 1. The molecule has 1 aromatic carbocycles. The summed E-state index contributed by atoms with van der Waals surface area (Å²) in [7, 11) is 0. The molecule has 0 spiro atoms. The highest BCUT2D eigenvalue weighted by atomic mass is 16.1. The summed E-state index contributed by atoms with van der Waals surface area (Å²) in [5.74, 6) is 0. The third-order valence-electron chi connectivity index (χ3n) is 2.59. The maximum atomic E-state index is 10.3. The Balaban J connectivity index is 2.85. The summed E-state index contributed by atoms with van der Waals surface area (Å²) in [6.45, 7) is 8.54. The SMILES string of the molecule is CC(NC=O)c1ccc(C(C)(C)C)cc1. The van der Waals surface area contributed by atoms with Crippen LogP contribution in [0.15, 0.2) is 24.3 Å². The van der Waals surface area contributed by atoms with Crippen LogP contribution in [0.25, 0.3) is 0 Å². The van der Waals surface area contributed by atoms with Crippen LogP contribution in [0, 0.1) is 0 Å². The molecule has 0 heterocycles. The molecule has 0 aliphatic heterocycles. The van der Waals surface area contributed by atoms with Crippen LogP contribution in [0.3, 0.4) is 0 Å². The van der Waals surface area contributed by atoms with E-state index in [0.29, 0.717) is 0 Å². The molecule has 15 heavy (non-hydrogen) atoms. The topological polar surface area (TPSA) is 29.1 Å². The molecule has 2 heteroatoms. The Morgan fingerprint density at radius 1 is 1.20 bits per heavy atom. The van der Waals surface area contributed by atoms with Crippen molar-refractivity contribution >= 4 is 6.41 Å². The van der Waals surface area contributed by atoms with Crippen LogP contribution in [-0.2, 0) is 10.2 Å². The highest BCUT2D eigenvalue weighted by Crippen LogP contribution is 2.23. The molecule has 1 N–H and O–H groups in total. The first-order valence-corrected chi connectivity index (χ1v) is 5.25. The van der Waals surface area contributed by atoms with Gasteiger partial charge in [0, 0.05) is 0 Å². The van der Waals surface area contributed by atoms with Gasteiger partial charge in [-0.25, -0.2) is 0 Å². The van der Waals surface area contributed by atoms with Gasteiger partial charge in [0.1, 0.15) is 0 Å². The molecule has 1 atom stereocenters. The van der Waals surface area contributed by atoms with Gasteiger partial charge in [0.05, 0.1) is 6.04 Å². The maximum Gasteiger partial charge on any atom is 0.207 e. The van der Waals surface area contributed by atoms with Crippen LogP contribution < -0.4 is 5.32 Å². The number of nitrogens with one attached hydrogen (secondary N) is 1. The summed E-state index contributed by atoms with van der Waals surface area (Å²) in [5.41, 5.74) is 2.62. The summed E-state index contributed by atoms with van der Waals surface area (Å²) < 4.78 is 0. The first-order valence-electron chi connectivity index (χ1n) is 5.25. The molecule has 1 rings (SSSR count). The normalized spacial score (nSPS) is 13.3. The van der Waals surface area contributed by atoms with Gasteiger partial charge in [-0.05, 0) is 23.5 Å². The van der Waals surface area contributed by atoms with Gasteiger partial charge in [-0.3, -0.25) is 4.79 Å². The first-order chi connectivity index (χ1) is 6.95. The lowest BCUT2D eigenvalue weighted by Crippen LogP contribution is -2.16. The average Bonchev–Trinajstić information content (AvgIpc) is 2.17. The molecular formula is C13H19NO. The summed E-state index contributed by atoms with van der Waals surface area (Å²) in [4.78, 5) is 10.3. The number of carbonyl (C=O) groups excluding carboxylic acids is 1. The molecule has 0 aliphatic rings. The van der Waals surface area contributed by atoms with E-state index in [0.717, 1.165) is 12.0 Å². The van der Waals surface area contributed by atoms with Crippen molar-refractivity contribution in [1.29, 1.82) is 0 Å². The molecule has 0 saturated carbocycles. The zero-order chi connectivity index (χ0) is 11.5. The Hall–Kier alpha value is -1.31. The summed E-state index contributed by atoms with van der Waals surface area (Å²) in [6, 6.07) is 8.47. The summed E-state index contributed by atoms with van der Waals surface area (Å²) in [6.07, 6.45) is 0.738. The number of hydrogen-bond donors (Lipinski definition) is 1. The molecule has 82 valence electrons. The molecule has 2 nitrogen and oxygen atoms in total. The lowest BCUT2D eigenvalue weighted by molar-refractivity contribution is -0.110. The minimum Gasteiger partial charge on any atom is -0.352 e. The Kier molecular flexibility index (Phi) is 3.51.